The molecule has 1 atom stereocenters. The molecule has 1 aromatic heterocycles. The first-order valence-corrected chi connectivity index (χ1v) is 7.21. The van der Waals surface area contributed by atoms with Crippen LogP contribution < -0.4 is 10.6 Å². The molecule has 0 bridgehead atoms. The Kier molecular flexibility index (Phi) is 5.14. The van der Waals surface area contributed by atoms with E-state index in [1.54, 1.807) is 7.11 Å². The van der Waals surface area contributed by atoms with Crippen molar-refractivity contribution in [2.75, 3.05) is 44.4 Å². The van der Waals surface area contributed by atoms with Crippen molar-refractivity contribution in [2.24, 2.45) is 0 Å². The molecule has 0 aliphatic carbocycles. The molecular formula is C14H25N5O. The molecule has 0 saturated carbocycles. The maximum absolute atomic E-state index is 5.91. The smallest absolute Gasteiger partial charge is 0.158 e. The largest absolute Gasteiger partial charge is 0.384 e. The molecule has 6 heteroatoms. The molecule has 1 saturated heterocycles. The van der Waals surface area contributed by atoms with Gasteiger partial charge in [0.15, 0.2) is 5.82 Å². The maximum atomic E-state index is 5.91. The second-order valence-electron chi connectivity index (χ2n) is 5.37. The lowest BCUT2D eigenvalue weighted by atomic mass is 10.2. The number of nitrogens with two attached hydrogens (primary N) is 1. The summed E-state index contributed by atoms with van der Waals surface area (Å²) in [6, 6.07) is 2.33. The van der Waals surface area contributed by atoms with Gasteiger partial charge >= 0.3 is 0 Å². The number of nitrogen functional groups attached to an aromatic ring is 1. The summed E-state index contributed by atoms with van der Waals surface area (Å²) in [6.07, 6.45) is 2.23. The summed E-state index contributed by atoms with van der Waals surface area (Å²) in [6.45, 7) is 5.80. The number of anilines is 2. The van der Waals surface area contributed by atoms with E-state index < -0.39 is 0 Å². The van der Waals surface area contributed by atoms with E-state index in [-0.39, 0.29) is 0 Å². The Morgan fingerprint density at radius 2 is 2.20 bits per heavy atom. The van der Waals surface area contributed by atoms with Crippen LogP contribution in [0.1, 0.15) is 25.6 Å². The Morgan fingerprint density at radius 3 is 2.90 bits per heavy atom. The van der Waals surface area contributed by atoms with E-state index in [0.717, 1.165) is 38.3 Å². The molecule has 1 aliphatic rings. The molecule has 6 nitrogen and oxygen atoms in total. The molecule has 0 radical (unpaired) electrons. The highest BCUT2D eigenvalue weighted by molar-refractivity contribution is 5.48. The van der Waals surface area contributed by atoms with Gasteiger partial charge in [-0.2, -0.15) is 0 Å². The average Bonchev–Trinajstić information content (AvgIpc) is 2.59. The quantitative estimate of drug-likeness (QED) is 0.891. The molecule has 0 amide bonds. The summed E-state index contributed by atoms with van der Waals surface area (Å²) in [5.74, 6) is 2.08. The minimum absolute atomic E-state index is 0.391. The van der Waals surface area contributed by atoms with Crippen LogP contribution >= 0.6 is 0 Å². The van der Waals surface area contributed by atoms with Crippen molar-refractivity contribution in [1.82, 2.24) is 14.9 Å². The Hall–Kier alpha value is -1.40. The first-order chi connectivity index (χ1) is 9.63. The van der Waals surface area contributed by atoms with Crippen molar-refractivity contribution < 1.29 is 4.74 Å². The maximum Gasteiger partial charge on any atom is 0.158 e. The number of ether oxygens (including phenoxy) is 1. The van der Waals surface area contributed by atoms with E-state index in [1.807, 2.05) is 6.07 Å². The molecular weight excluding hydrogens is 254 g/mol. The summed E-state index contributed by atoms with van der Waals surface area (Å²) in [4.78, 5) is 13.6. The van der Waals surface area contributed by atoms with E-state index in [4.69, 9.17) is 10.5 Å². The van der Waals surface area contributed by atoms with Gasteiger partial charge in [-0.1, -0.05) is 6.92 Å². The van der Waals surface area contributed by atoms with E-state index in [9.17, 15) is 0 Å². The van der Waals surface area contributed by atoms with Crippen molar-refractivity contribution in [2.45, 2.75) is 32.4 Å². The highest BCUT2D eigenvalue weighted by atomic mass is 16.5. The Balaban J connectivity index is 2.27. The third kappa shape index (κ3) is 3.58. The monoisotopic (exact) mass is 279 g/mol. The number of nitrogens with zero attached hydrogens (tertiary/aromatic N) is 4. The normalized spacial score (nSPS) is 20.9. The first kappa shape index (κ1) is 15.0. The van der Waals surface area contributed by atoms with Crippen LogP contribution in [-0.2, 0) is 11.3 Å². The Labute approximate surface area is 120 Å². The molecule has 2 N–H and O–H groups in total. The summed E-state index contributed by atoms with van der Waals surface area (Å²) in [7, 11) is 3.82. The van der Waals surface area contributed by atoms with Gasteiger partial charge in [0.1, 0.15) is 18.2 Å². The Bertz CT molecular complexity index is 440. The van der Waals surface area contributed by atoms with E-state index in [1.165, 1.54) is 0 Å². The van der Waals surface area contributed by atoms with Gasteiger partial charge in [0.05, 0.1) is 0 Å². The summed E-state index contributed by atoms with van der Waals surface area (Å²) < 4.78 is 5.11. The molecule has 0 aromatic carbocycles. The fourth-order valence-electron chi connectivity index (χ4n) is 2.74. The fourth-order valence-corrected chi connectivity index (χ4v) is 2.74. The predicted molar refractivity (Wildman–Crippen MR) is 80.7 cm³/mol. The Morgan fingerprint density at radius 1 is 1.40 bits per heavy atom. The van der Waals surface area contributed by atoms with Crippen LogP contribution in [0.4, 0.5) is 11.6 Å². The van der Waals surface area contributed by atoms with Gasteiger partial charge in [-0.3, -0.25) is 0 Å². The predicted octanol–water partition coefficient (Wildman–Crippen LogP) is 1.13. The van der Waals surface area contributed by atoms with Crippen LogP contribution in [0, 0.1) is 0 Å². The van der Waals surface area contributed by atoms with Gasteiger partial charge in [0.25, 0.3) is 0 Å². The molecule has 0 spiro atoms. The SMILES string of the molecule is CCC1CN(C)CCCN1c1cc(N)nc(COC)n1. The summed E-state index contributed by atoms with van der Waals surface area (Å²) >= 11 is 0. The highest BCUT2D eigenvalue weighted by Crippen LogP contribution is 2.21. The number of hydrogen-bond acceptors (Lipinski definition) is 6. The second-order valence-corrected chi connectivity index (χ2v) is 5.37. The minimum Gasteiger partial charge on any atom is -0.384 e. The molecule has 112 valence electrons. The van der Waals surface area contributed by atoms with Gasteiger partial charge in [0.2, 0.25) is 0 Å². The molecule has 1 fully saturated rings. The highest BCUT2D eigenvalue weighted by Gasteiger charge is 2.23. The average molecular weight is 279 g/mol. The van der Waals surface area contributed by atoms with E-state index >= 15 is 0 Å². The zero-order valence-corrected chi connectivity index (χ0v) is 12.7. The lowest BCUT2D eigenvalue weighted by Crippen LogP contribution is -2.40. The third-order valence-electron chi connectivity index (χ3n) is 3.72. The van der Waals surface area contributed by atoms with Crippen LogP contribution in [0.15, 0.2) is 6.07 Å². The van der Waals surface area contributed by atoms with Crippen molar-refractivity contribution in [3.63, 3.8) is 0 Å². The minimum atomic E-state index is 0.391. The molecule has 1 unspecified atom stereocenters. The molecule has 20 heavy (non-hydrogen) atoms. The number of rotatable bonds is 4. The fraction of sp³-hybridized carbons (Fsp3) is 0.714. The number of methoxy groups -OCH3 is 1. The molecule has 1 aliphatic heterocycles. The van der Waals surface area contributed by atoms with Gasteiger partial charge < -0.3 is 20.3 Å². The molecule has 2 rings (SSSR count). The summed E-state index contributed by atoms with van der Waals surface area (Å²) in [5, 5.41) is 0. The van der Waals surface area contributed by atoms with Crippen molar-refractivity contribution in [1.29, 1.82) is 0 Å². The zero-order valence-electron chi connectivity index (χ0n) is 12.7. The number of likely N-dealkylation sites (N-methyl/N-ethyl adjacent to an activating group) is 1. The van der Waals surface area contributed by atoms with Crippen molar-refractivity contribution in [3.05, 3.63) is 11.9 Å². The zero-order chi connectivity index (χ0) is 14.5. The first-order valence-electron chi connectivity index (χ1n) is 7.21. The lowest BCUT2D eigenvalue weighted by Gasteiger charge is -2.31. The van der Waals surface area contributed by atoms with Gasteiger partial charge in [-0.25, -0.2) is 9.97 Å². The van der Waals surface area contributed by atoms with Crippen LogP contribution in [0.3, 0.4) is 0 Å². The molecule has 1 aromatic rings. The topological polar surface area (TPSA) is 67.5 Å². The number of aromatic nitrogens is 2. The summed E-state index contributed by atoms with van der Waals surface area (Å²) in [5.41, 5.74) is 5.91. The van der Waals surface area contributed by atoms with Gasteiger partial charge in [0, 0.05) is 32.3 Å². The number of hydrogen-bond donors (Lipinski definition) is 1. The van der Waals surface area contributed by atoms with E-state index in [2.05, 4.69) is 33.7 Å². The van der Waals surface area contributed by atoms with Crippen LogP contribution in [0.25, 0.3) is 0 Å². The van der Waals surface area contributed by atoms with Gasteiger partial charge in [-0.05, 0) is 26.4 Å². The third-order valence-corrected chi connectivity index (χ3v) is 3.72. The second kappa shape index (κ2) is 6.85. The van der Waals surface area contributed by atoms with E-state index in [0.29, 0.717) is 24.3 Å². The van der Waals surface area contributed by atoms with Crippen molar-refractivity contribution >= 4 is 11.6 Å². The van der Waals surface area contributed by atoms with Crippen LogP contribution in [-0.4, -0.2) is 54.7 Å². The standard InChI is InChI=1S/C14H25N5O/c1-4-11-9-18(2)6-5-7-19(11)14-8-12(15)16-13(17-14)10-20-3/h8,11H,4-7,9-10H2,1-3H3,(H2,15,16,17). The van der Waals surface area contributed by atoms with Crippen LogP contribution in [0.5, 0.6) is 0 Å². The lowest BCUT2D eigenvalue weighted by molar-refractivity contribution is 0.178. The molecule has 2 heterocycles. The van der Waals surface area contributed by atoms with Gasteiger partial charge in [-0.15, -0.1) is 0 Å². The van der Waals surface area contributed by atoms with Crippen LogP contribution in [0.2, 0.25) is 0 Å². The van der Waals surface area contributed by atoms with Crippen molar-refractivity contribution in [3.8, 4) is 0 Å².